The molecule has 2 heterocycles. The van der Waals surface area contributed by atoms with Crippen LogP contribution in [0.5, 0.6) is 17.2 Å². The number of rotatable bonds is 6. The van der Waals surface area contributed by atoms with Crippen LogP contribution in [0.4, 0.5) is 0 Å². The van der Waals surface area contributed by atoms with E-state index in [0.717, 1.165) is 36.9 Å². The van der Waals surface area contributed by atoms with Gasteiger partial charge >= 0.3 is 0 Å². The van der Waals surface area contributed by atoms with E-state index in [1.165, 1.54) is 24.0 Å². The van der Waals surface area contributed by atoms with Crippen molar-refractivity contribution in [2.75, 3.05) is 34.4 Å². The molecule has 4 rings (SSSR count). The van der Waals surface area contributed by atoms with E-state index in [1.54, 1.807) is 21.3 Å². The second-order valence-corrected chi connectivity index (χ2v) is 7.68. The third-order valence-electron chi connectivity index (χ3n) is 6.19. The average molecular weight is 383 g/mol. The predicted octanol–water partition coefficient (Wildman–Crippen LogP) is 3.43. The summed E-state index contributed by atoms with van der Waals surface area (Å²) in [5.74, 6) is 3.18. The number of fused-ring (bicyclic) bond motifs is 1. The molecule has 2 aromatic rings. The van der Waals surface area contributed by atoms with Crippen LogP contribution < -0.4 is 19.5 Å². The Balaban J connectivity index is 1.61. The Hall–Kier alpha value is -2.24. The standard InChI is InChI=1S/C23H30N2O3/c1-26-18-7-4-6-16(12-18)20-15-25(21-8-5-11-24-23(20)21)14-17-13-19(27-2)9-10-22(17)28-3/h4,6-7,9-10,12-13,20-21,23-24H,5,8,11,14-15H2,1-3H3/t20-,21-,23-/m1/s1. The maximum absolute atomic E-state index is 5.62. The first kappa shape index (κ1) is 19.1. The van der Waals surface area contributed by atoms with Crippen LogP contribution >= 0.6 is 0 Å². The van der Waals surface area contributed by atoms with Crippen molar-refractivity contribution in [2.24, 2.45) is 0 Å². The van der Waals surface area contributed by atoms with Crippen molar-refractivity contribution in [1.82, 2.24) is 10.2 Å². The highest BCUT2D eigenvalue weighted by molar-refractivity contribution is 5.41. The molecule has 2 aliphatic rings. The highest BCUT2D eigenvalue weighted by Crippen LogP contribution is 2.39. The molecule has 0 spiro atoms. The van der Waals surface area contributed by atoms with E-state index in [0.29, 0.717) is 18.0 Å². The number of methoxy groups -OCH3 is 3. The Bertz CT molecular complexity index is 810. The van der Waals surface area contributed by atoms with Gasteiger partial charge in [-0.1, -0.05) is 12.1 Å². The number of benzene rings is 2. The first-order valence-corrected chi connectivity index (χ1v) is 10.1. The zero-order chi connectivity index (χ0) is 19.5. The summed E-state index contributed by atoms with van der Waals surface area (Å²) in [7, 11) is 5.18. The van der Waals surface area contributed by atoms with Gasteiger partial charge in [-0.3, -0.25) is 4.90 Å². The molecule has 0 amide bonds. The highest BCUT2D eigenvalue weighted by atomic mass is 16.5. The zero-order valence-corrected chi connectivity index (χ0v) is 17.0. The van der Waals surface area contributed by atoms with Gasteiger partial charge in [0.15, 0.2) is 0 Å². The summed E-state index contributed by atoms with van der Waals surface area (Å²) in [5, 5.41) is 3.80. The van der Waals surface area contributed by atoms with Crippen LogP contribution in [0.15, 0.2) is 42.5 Å². The molecule has 0 bridgehead atoms. The molecule has 0 aliphatic carbocycles. The van der Waals surface area contributed by atoms with Gasteiger partial charge in [0.05, 0.1) is 21.3 Å². The third-order valence-corrected chi connectivity index (χ3v) is 6.19. The Kier molecular flexibility index (Phi) is 5.74. The SMILES string of the molecule is COc1cccc([C@H]2CN(Cc3cc(OC)ccc3OC)[C@@H]3CCCN[C@H]23)c1. The molecule has 5 heteroatoms. The Morgan fingerprint density at radius 1 is 1.00 bits per heavy atom. The summed E-state index contributed by atoms with van der Waals surface area (Å²) >= 11 is 0. The summed E-state index contributed by atoms with van der Waals surface area (Å²) in [6.07, 6.45) is 2.45. The third kappa shape index (κ3) is 3.69. The van der Waals surface area contributed by atoms with Crippen LogP contribution in [0.3, 0.4) is 0 Å². The molecular weight excluding hydrogens is 352 g/mol. The number of nitrogens with zero attached hydrogens (tertiary/aromatic N) is 1. The van der Waals surface area contributed by atoms with E-state index in [9.17, 15) is 0 Å². The largest absolute Gasteiger partial charge is 0.497 e. The molecule has 2 aliphatic heterocycles. The summed E-state index contributed by atoms with van der Waals surface area (Å²) in [5.41, 5.74) is 2.53. The Labute approximate surface area is 167 Å². The maximum atomic E-state index is 5.62. The topological polar surface area (TPSA) is 43.0 Å². The summed E-state index contributed by atoms with van der Waals surface area (Å²) in [6.45, 7) is 2.98. The number of likely N-dealkylation sites (tertiary alicyclic amines) is 1. The van der Waals surface area contributed by atoms with Crippen LogP contribution in [-0.2, 0) is 6.54 Å². The fourth-order valence-corrected chi connectivity index (χ4v) is 4.81. The van der Waals surface area contributed by atoms with E-state index in [1.807, 2.05) is 18.2 Å². The number of hydrogen-bond acceptors (Lipinski definition) is 5. The van der Waals surface area contributed by atoms with Gasteiger partial charge in [0.1, 0.15) is 17.2 Å². The van der Waals surface area contributed by atoms with Gasteiger partial charge in [-0.25, -0.2) is 0 Å². The molecule has 1 N–H and O–H groups in total. The zero-order valence-electron chi connectivity index (χ0n) is 17.0. The number of piperidine rings is 1. The van der Waals surface area contributed by atoms with E-state index in [4.69, 9.17) is 14.2 Å². The normalized spacial score (nSPS) is 24.6. The first-order chi connectivity index (χ1) is 13.7. The van der Waals surface area contributed by atoms with Crippen molar-refractivity contribution >= 4 is 0 Å². The van der Waals surface area contributed by atoms with Gasteiger partial charge in [-0.2, -0.15) is 0 Å². The van der Waals surface area contributed by atoms with E-state index >= 15 is 0 Å². The maximum Gasteiger partial charge on any atom is 0.123 e. The predicted molar refractivity (Wildman–Crippen MR) is 111 cm³/mol. The molecule has 0 aromatic heterocycles. The fourth-order valence-electron chi connectivity index (χ4n) is 4.81. The van der Waals surface area contributed by atoms with Crippen molar-refractivity contribution < 1.29 is 14.2 Å². The molecule has 5 nitrogen and oxygen atoms in total. The first-order valence-electron chi connectivity index (χ1n) is 10.1. The van der Waals surface area contributed by atoms with Crippen LogP contribution in [0.2, 0.25) is 0 Å². The van der Waals surface area contributed by atoms with E-state index in [-0.39, 0.29) is 0 Å². The second kappa shape index (κ2) is 8.41. The van der Waals surface area contributed by atoms with E-state index in [2.05, 4.69) is 34.5 Å². The minimum Gasteiger partial charge on any atom is -0.497 e. The molecule has 0 unspecified atom stereocenters. The molecular formula is C23H30N2O3. The van der Waals surface area contributed by atoms with Crippen LogP contribution in [-0.4, -0.2) is 51.4 Å². The summed E-state index contributed by atoms with van der Waals surface area (Å²) in [6, 6.07) is 15.6. The van der Waals surface area contributed by atoms with Crippen molar-refractivity contribution in [1.29, 1.82) is 0 Å². The number of ether oxygens (including phenoxy) is 3. The average Bonchev–Trinajstić information content (AvgIpc) is 3.12. The quantitative estimate of drug-likeness (QED) is 0.829. The van der Waals surface area contributed by atoms with Gasteiger partial charge in [-0.05, 0) is 55.3 Å². The lowest BCUT2D eigenvalue weighted by atomic mass is 9.87. The molecule has 0 saturated carbocycles. The Morgan fingerprint density at radius 3 is 2.61 bits per heavy atom. The van der Waals surface area contributed by atoms with Gasteiger partial charge in [-0.15, -0.1) is 0 Å². The van der Waals surface area contributed by atoms with Gasteiger partial charge < -0.3 is 19.5 Å². The molecule has 3 atom stereocenters. The van der Waals surface area contributed by atoms with Crippen molar-refractivity contribution in [2.45, 2.75) is 37.4 Å². The highest BCUT2D eigenvalue weighted by Gasteiger charge is 2.43. The molecule has 150 valence electrons. The van der Waals surface area contributed by atoms with Gasteiger partial charge in [0, 0.05) is 36.7 Å². The van der Waals surface area contributed by atoms with Crippen LogP contribution in [0, 0.1) is 0 Å². The minimum absolute atomic E-state index is 0.456. The summed E-state index contributed by atoms with van der Waals surface area (Å²) < 4.78 is 16.5. The number of nitrogens with one attached hydrogen (secondary N) is 1. The monoisotopic (exact) mass is 382 g/mol. The van der Waals surface area contributed by atoms with Gasteiger partial charge in [0.25, 0.3) is 0 Å². The van der Waals surface area contributed by atoms with Crippen molar-refractivity contribution in [3.8, 4) is 17.2 Å². The molecule has 28 heavy (non-hydrogen) atoms. The van der Waals surface area contributed by atoms with Crippen molar-refractivity contribution in [3.63, 3.8) is 0 Å². The lowest BCUT2D eigenvalue weighted by molar-refractivity contribution is 0.191. The minimum atomic E-state index is 0.456. The number of hydrogen-bond donors (Lipinski definition) is 1. The van der Waals surface area contributed by atoms with Crippen molar-refractivity contribution in [3.05, 3.63) is 53.6 Å². The molecule has 2 fully saturated rings. The van der Waals surface area contributed by atoms with Gasteiger partial charge in [0.2, 0.25) is 0 Å². The van der Waals surface area contributed by atoms with Crippen LogP contribution in [0.1, 0.15) is 29.9 Å². The molecule has 0 radical (unpaired) electrons. The van der Waals surface area contributed by atoms with Crippen LogP contribution in [0.25, 0.3) is 0 Å². The lowest BCUT2D eigenvalue weighted by Crippen LogP contribution is -2.48. The second-order valence-electron chi connectivity index (χ2n) is 7.68. The lowest BCUT2D eigenvalue weighted by Gasteiger charge is -2.33. The molecule has 2 aromatic carbocycles. The molecule has 2 saturated heterocycles. The fraction of sp³-hybridized carbons (Fsp3) is 0.478. The smallest absolute Gasteiger partial charge is 0.123 e. The summed E-state index contributed by atoms with van der Waals surface area (Å²) in [4.78, 5) is 2.61. The van der Waals surface area contributed by atoms with E-state index < -0.39 is 0 Å². The Morgan fingerprint density at radius 2 is 1.82 bits per heavy atom.